The summed E-state index contributed by atoms with van der Waals surface area (Å²) in [6.45, 7) is 4.74. The van der Waals surface area contributed by atoms with Crippen molar-refractivity contribution in [3.63, 3.8) is 0 Å². The summed E-state index contributed by atoms with van der Waals surface area (Å²) in [4.78, 5) is 24.3. The van der Waals surface area contributed by atoms with Gasteiger partial charge in [-0.25, -0.2) is 4.99 Å². The molecule has 35 heavy (non-hydrogen) atoms. The largest absolute Gasteiger partial charge is 0.384 e. The molecule has 5 rings (SSSR count). The fourth-order valence-corrected chi connectivity index (χ4v) is 6.28. The Kier molecular flexibility index (Phi) is 6.29. The number of rotatable bonds is 4. The number of aliphatic imine (C=N–C) groups is 1. The number of aryl methyl sites for hydroxylation is 1. The number of nitrogens with zero attached hydrogens (tertiary/aromatic N) is 4. The quantitative estimate of drug-likeness (QED) is 0.416. The van der Waals surface area contributed by atoms with E-state index >= 15 is 0 Å². The Morgan fingerprint density at radius 2 is 1.83 bits per heavy atom. The van der Waals surface area contributed by atoms with Crippen molar-refractivity contribution >= 4 is 57.3 Å². The molecule has 0 atom stereocenters. The molecule has 3 aromatic carbocycles. The summed E-state index contributed by atoms with van der Waals surface area (Å²) in [5, 5.41) is 14.2. The number of hydrogen-bond donors (Lipinski definition) is 1. The highest BCUT2D eigenvalue weighted by atomic mass is 32.2. The van der Waals surface area contributed by atoms with Gasteiger partial charge in [0.1, 0.15) is 4.91 Å². The van der Waals surface area contributed by atoms with E-state index in [0.717, 1.165) is 32.6 Å². The predicted molar refractivity (Wildman–Crippen MR) is 146 cm³/mol. The molecule has 0 bridgehead atoms. The molecule has 174 valence electrons. The topological polar surface area (TPSA) is 71.7 Å². The van der Waals surface area contributed by atoms with Gasteiger partial charge in [0.25, 0.3) is 5.91 Å². The zero-order chi connectivity index (χ0) is 24.5. The zero-order valence-electron chi connectivity index (χ0n) is 19.6. The molecule has 0 aliphatic carbocycles. The van der Waals surface area contributed by atoms with Crippen LogP contribution in [0.4, 0.5) is 22.7 Å². The Morgan fingerprint density at radius 3 is 2.54 bits per heavy atom. The molecule has 0 unspecified atom stereocenters. The van der Waals surface area contributed by atoms with Gasteiger partial charge in [-0.15, -0.1) is 0 Å². The lowest BCUT2D eigenvalue weighted by Gasteiger charge is -2.17. The Hall–Kier alpha value is -3.67. The minimum atomic E-state index is -0.110. The number of amidine groups is 1. The molecule has 1 saturated heterocycles. The molecule has 0 aromatic heterocycles. The predicted octanol–water partition coefficient (Wildman–Crippen LogP) is 6.48. The van der Waals surface area contributed by atoms with Crippen LogP contribution in [0.5, 0.6) is 0 Å². The molecule has 6 nitrogen and oxygen atoms in total. The van der Waals surface area contributed by atoms with Crippen LogP contribution in [0.1, 0.15) is 18.1 Å². The minimum absolute atomic E-state index is 0.110. The summed E-state index contributed by atoms with van der Waals surface area (Å²) in [5.41, 5.74) is 4.91. The van der Waals surface area contributed by atoms with Gasteiger partial charge in [0.2, 0.25) is 0 Å². The summed E-state index contributed by atoms with van der Waals surface area (Å²) in [6.07, 6.45) is 0. The van der Waals surface area contributed by atoms with Crippen LogP contribution in [0.2, 0.25) is 0 Å². The molecular weight excluding hydrogens is 474 g/mol. The highest BCUT2D eigenvalue weighted by Crippen LogP contribution is 2.50. The van der Waals surface area contributed by atoms with Crippen LogP contribution in [-0.4, -0.2) is 24.7 Å². The second-order valence-electron chi connectivity index (χ2n) is 8.11. The van der Waals surface area contributed by atoms with Gasteiger partial charge >= 0.3 is 0 Å². The fraction of sp³-hybridized carbons (Fsp3) is 0.148. The number of benzene rings is 3. The summed E-state index contributed by atoms with van der Waals surface area (Å²) < 4.78 is 0. The highest BCUT2D eigenvalue weighted by molar-refractivity contribution is 8.20. The van der Waals surface area contributed by atoms with Crippen LogP contribution in [0, 0.1) is 18.3 Å². The lowest BCUT2D eigenvalue weighted by Crippen LogP contribution is -2.29. The van der Waals surface area contributed by atoms with E-state index < -0.39 is 0 Å². The third-order valence-electron chi connectivity index (χ3n) is 5.72. The molecule has 1 fully saturated rings. The van der Waals surface area contributed by atoms with Crippen LogP contribution in [0.3, 0.4) is 0 Å². The average Bonchev–Trinajstić information content (AvgIpc) is 3.37. The first kappa shape index (κ1) is 23.1. The third kappa shape index (κ3) is 4.29. The van der Waals surface area contributed by atoms with Crippen molar-refractivity contribution in [2.75, 3.05) is 28.7 Å². The number of anilines is 3. The van der Waals surface area contributed by atoms with E-state index in [-0.39, 0.29) is 5.91 Å². The van der Waals surface area contributed by atoms with Gasteiger partial charge in [0.05, 0.1) is 39.4 Å². The first-order valence-corrected chi connectivity index (χ1v) is 12.8. The number of hydrogen-bond acceptors (Lipinski definition) is 7. The second-order valence-corrected chi connectivity index (χ2v) is 10.1. The maximum absolute atomic E-state index is 13.9. The molecule has 8 heteroatoms. The van der Waals surface area contributed by atoms with Gasteiger partial charge in [0, 0.05) is 18.5 Å². The number of carbonyl (C=O) groups is 1. The molecule has 2 aliphatic rings. The van der Waals surface area contributed by atoms with Crippen LogP contribution in [0.25, 0.3) is 0 Å². The SMILES string of the molecule is CCNc1ccc(C#N)cc1N=C1SC(=C2Sc3ccccc3N2C)C(=O)N1c1ccc(C)cc1. The molecule has 0 saturated carbocycles. The molecule has 2 aliphatic heterocycles. The van der Waals surface area contributed by atoms with Gasteiger partial charge < -0.3 is 10.2 Å². The molecule has 2 heterocycles. The Bertz CT molecular complexity index is 1420. The van der Waals surface area contributed by atoms with Gasteiger partial charge in [-0.2, -0.15) is 5.26 Å². The number of carbonyl (C=O) groups excluding carboxylic acids is 1. The van der Waals surface area contributed by atoms with Crippen LogP contribution in [-0.2, 0) is 4.79 Å². The van der Waals surface area contributed by atoms with Crippen LogP contribution < -0.4 is 15.1 Å². The van der Waals surface area contributed by atoms with E-state index in [1.54, 1.807) is 28.8 Å². The lowest BCUT2D eigenvalue weighted by molar-refractivity contribution is -0.113. The lowest BCUT2D eigenvalue weighted by atomic mass is 10.2. The minimum Gasteiger partial charge on any atom is -0.384 e. The van der Waals surface area contributed by atoms with Crippen molar-refractivity contribution in [3.05, 3.63) is 87.8 Å². The van der Waals surface area contributed by atoms with E-state index in [9.17, 15) is 10.1 Å². The third-order valence-corrected chi connectivity index (χ3v) is 8.11. The van der Waals surface area contributed by atoms with Crippen LogP contribution in [0.15, 0.2) is 86.6 Å². The van der Waals surface area contributed by atoms with E-state index in [1.165, 1.54) is 11.8 Å². The molecule has 1 N–H and O–H groups in total. The van der Waals surface area contributed by atoms with Gasteiger partial charge in [-0.3, -0.25) is 9.69 Å². The van der Waals surface area contributed by atoms with E-state index in [4.69, 9.17) is 4.99 Å². The molecule has 0 radical (unpaired) electrons. The van der Waals surface area contributed by atoms with Crippen molar-refractivity contribution in [1.82, 2.24) is 0 Å². The van der Waals surface area contributed by atoms with E-state index in [2.05, 4.69) is 28.4 Å². The first-order valence-electron chi connectivity index (χ1n) is 11.2. The standard InChI is InChI=1S/C27H23N5OS2/c1-4-29-20-14-11-18(16-28)15-21(20)30-27-32(19-12-9-17(2)10-13-19)25(33)24(35-27)26-31(3)22-7-5-6-8-23(22)34-26/h5-15,29H,4H2,1-3H3. The molecule has 1 amide bonds. The maximum atomic E-state index is 13.9. The summed E-state index contributed by atoms with van der Waals surface area (Å²) in [7, 11) is 1.99. The summed E-state index contributed by atoms with van der Waals surface area (Å²) in [6, 6.07) is 23.5. The summed E-state index contributed by atoms with van der Waals surface area (Å²) >= 11 is 2.96. The average molecular weight is 498 g/mol. The number of thioether (sulfide) groups is 2. The van der Waals surface area contributed by atoms with Gasteiger partial charge in [0.15, 0.2) is 5.17 Å². The van der Waals surface area contributed by atoms with Crippen molar-refractivity contribution < 1.29 is 4.79 Å². The Labute approximate surface area is 213 Å². The first-order chi connectivity index (χ1) is 17.0. The monoisotopic (exact) mass is 497 g/mol. The number of nitriles is 1. The van der Waals surface area contributed by atoms with Crippen molar-refractivity contribution in [2.45, 2.75) is 18.7 Å². The molecule has 0 spiro atoms. The van der Waals surface area contributed by atoms with Crippen molar-refractivity contribution in [1.29, 1.82) is 5.26 Å². The molecule has 3 aromatic rings. The zero-order valence-corrected chi connectivity index (χ0v) is 21.2. The number of fused-ring (bicyclic) bond motifs is 1. The fourth-order valence-electron chi connectivity index (χ4n) is 3.94. The molecular formula is C27H23N5OS2. The normalized spacial score (nSPS) is 18.2. The Balaban J connectivity index is 1.65. The number of amides is 1. The Morgan fingerprint density at radius 1 is 1.06 bits per heavy atom. The van der Waals surface area contributed by atoms with Crippen molar-refractivity contribution in [2.24, 2.45) is 4.99 Å². The van der Waals surface area contributed by atoms with E-state index in [0.29, 0.717) is 27.9 Å². The summed E-state index contributed by atoms with van der Waals surface area (Å²) in [5.74, 6) is -0.110. The smallest absolute Gasteiger partial charge is 0.274 e. The van der Waals surface area contributed by atoms with E-state index in [1.807, 2.05) is 63.4 Å². The van der Waals surface area contributed by atoms with Crippen LogP contribution >= 0.6 is 23.5 Å². The van der Waals surface area contributed by atoms with Gasteiger partial charge in [-0.05, 0) is 68.1 Å². The highest BCUT2D eigenvalue weighted by Gasteiger charge is 2.40. The van der Waals surface area contributed by atoms with Crippen molar-refractivity contribution in [3.8, 4) is 6.07 Å². The van der Waals surface area contributed by atoms with Gasteiger partial charge in [-0.1, -0.05) is 41.6 Å². The second kappa shape index (κ2) is 9.53. The number of para-hydroxylation sites is 1. The maximum Gasteiger partial charge on any atom is 0.274 e. The number of nitrogens with one attached hydrogen (secondary N) is 1.